The molecule has 0 aliphatic rings. The van der Waals surface area contributed by atoms with Crippen LogP contribution in [0, 0.1) is 13.8 Å². The molecule has 4 N–H and O–H groups in total. The van der Waals surface area contributed by atoms with Gasteiger partial charge >= 0.3 is 0 Å². The second-order valence-electron chi connectivity index (χ2n) is 3.54. The SMILES string of the molecule is C=C(/C(=C/NN)NC)c1ccc(C)nc1C. The first kappa shape index (κ1) is 12.3. The molecule has 1 heterocycles. The van der Waals surface area contributed by atoms with Crippen LogP contribution in [0.15, 0.2) is 30.6 Å². The van der Waals surface area contributed by atoms with Crippen molar-refractivity contribution in [2.45, 2.75) is 13.8 Å². The van der Waals surface area contributed by atoms with E-state index in [1.54, 1.807) is 6.20 Å². The Bertz CT molecular complexity index is 421. The monoisotopic (exact) mass is 218 g/mol. The first-order valence-corrected chi connectivity index (χ1v) is 5.08. The van der Waals surface area contributed by atoms with Gasteiger partial charge in [0.15, 0.2) is 0 Å². The van der Waals surface area contributed by atoms with Gasteiger partial charge in [0, 0.05) is 35.8 Å². The highest BCUT2D eigenvalue weighted by Crippen LogP contribution is 2.21. The van der Waals surface area contributed by atoms with Gasteiger partial charge in [-0.1, -0.05) is 12.6 Å². The number of aryl methyl sites for hydroxylation is 2. The molecule has 0 saturated heterocycles. The van der Waals surface area contributed by atoms with Crippen LogP contribution in [-0.4, -0.2) is 12.0 Å². The Balaban J connectivity index is 3.09. The summed E-state index contributed by atoms with van der Waals surface area (Å²) in [4.78, 5) is 4.40. The maximum atomic E-state index is 5.26. The number of hydrogen-bond acceptors (Lipinski definition) is 4. The average Bonchev–Trinajstić information content (AvgIpc) is 2.25. The molecule has 16 heavy (non-hydrogen) atoms. The Kier molecular flexibility index (Phi) is 4.08. The zero-order valence-corrected chi connectivity index (χ0v) is 9.96. The van der Waals surface area contributed by atoms with Gasteiger partial charge in [0.25, 0.3) is 0 Å². The predicted molar refractivity (Wildman–Crippen MR) is 67.2 cm³/mol. The molecule has 4 nitrogen and oxygen atoms in total. The molecule has 1 aromatic rings. The van der Waals surface area contributed by atoms with Crippen LogP contribution in [0.3, 0.4) is 0 Å². The maximum absolute atomic E-state index is 5.26. The number of rotatable bonds is 4. The van der Waals surface area contributed by atoms with Crippen LogP contribution in [0.5, 0.6) is 0 Å². The summed E-state index contributed by atoms with van der Waals surface area (Å²) in [5.74, 6) is 5.26. The van der Waals surface area contributed by atoms with Gasteiger partial charge in [0.1, 0.15) is 0 Å². The van der Waals surface area contributed by atoms with Gasteiger partial charge in [-0.15, -0.1) is 0 Å². The fraction of sp³-hybridized carbons (Fsp3) is 0.250. The Morgan fingerprint density at radius 1 is 1.44 bits per heavy atom. The van der Waals surface area contributed by atoms with Crippen LogP contribution in [0.1, 0.15) is 17.0 Å². The summed E-state index contributed by atoms with van der Waals surface area (Å²) in [6, 6.07) is 3.98. The van der Waals surface area contributed by atoms with Crippen LogP contribution >= 0.6 is 0 Å². The summed E-state index contributed by atoms with van der Waals surface area (Å²) in [6.45, 7) is 7.98. The van der Waals surface area contributed by atoms with E-state index < -0.39 is 0 Å². The van der Waals surface area contributed by atoms with Crippen molar-refractivity contribution in [2.75, 3.05) is 7.05 Å². The summed E-state index contributed by atoms with van der Waals surface area (Å²) in [6.07, 6.45) is 1.67. The molecule has 0 aliphatic heterocycles. The van der Waals surface area contributed by atoms with Crippen LogP contribution in [0.4, 0.5) is 0 Å². The molecular weight excluding hydrogens is 200 g/mol. The lowest BCUT2D eigenvalue weighted by atomic mass is 10.0. The van der Waals surface area contributed by atoms with Gasteiger partial charge in [-0.3, -0.25) is 10.8 Å². The minimum absolute atomic E-state index is 0.844. The Morgan fingerprint density at radius 2 is 2.12 bits per heavy atom. The standard InChI is InChI=1S/C12H18N4/c1-8-5-6-11(10(3)16-8)9(2)12(14-4)7-15-13/h5-7,14-15H,2,13H2,1,3-4H3/b12-7-. The van der Waals surface area contributed by atoms with E-state index in [9.17, 15) is 0 Å². The van der Waals surface area contributed by atoms with Crippen molar-refractivity contribution in [3.05, 3.63) is 47.6 Å². The van der Waals surface area contributed by atoms with Gasteiger partial charge in [0.05, 0.1) is 5.70 Å². The lowest BCUT2D eigenvalue weighted by Crippen LogP contribution is -2.19. The lowest BCUT2D eigenvalue weighted by molar-refractivity contribution is 0.920. The molecule has 4 heteroatoms. The van der Waals surface area contributed by atoms with E-state index in [0.717, 1.165) is 28.2 Å². The van der Waals surface area contributed by atoms with Crippen molar-refractivity contribution in [2.24, 2.45) is 5.84 Å². The van der Waals surface area contributed by atoms with Crippen molar-refractivity contribution < 1.29 is 0 Å². The molecule has 0 unspecified atom stereocenters. The molecule has 0 aliphatic carbocycles. The van der Waals surface area contributed by atoms with E-state index in [1.165, 1.54) is 0 Å². The average molecular weight is 218 g/mol. The third-order valence-electron chi connectivity index (χ3n) is 2.37. The Morgan fingerprint density at radius 3 is 2.62 bits per heavy atom. The number of allylic oxidation sites excluding steroid dienone is 1. The third kappa shape index (κ3) is 2.61. The normalized spacial score (nSPS) is 11.1. The molecule has 0 spiro atoms. The third-order valence-corrected chi connectivity index (χ3v) is 2.37. The Hall–Kier alpha value is -1.81. The first-order chi connectivity index (χ1) is 7.60. The smallest absolute Gasteiger partial charge is 0.0585 e. The van der Waals surface area contributed by atoms with E-state index in [2.05, 4.69) is 22.3 Å². The van der Waals surface area contributed by atoms with Crippen LogP contribution < -0.4 is 16.6 Å². The van der Waals surface area contributed by atoms with E-state index in [0.29, 0.717) is 0 Å². The fourth-order valence-electron chi connectivity index (χ4n) is 1.54. The zero-order chi connectivity index (χ0) is 12.1. The number of likely N-dealkylation sites (N-methyl/N-ethyl adjacent to an activating group) is 1. The highest BCUT2D eigenvalue weighted by molar-refractivity contribution is 5.77. The van der Waals surface area contributed by atoms with Crippen molar-refractivity contribution in [3.8, 4) is 0 Å². The highest BCUT2D eigenvalue weighted by Gasteiger charge is 2.07. The number of nitrogens with one attached hydrogen (secondary N) is 2. The second-order valence-corrected chi connectivity index (χ2v) is 3.54. The van der Waals surface area contributed by atoms with E-state index in [1.807, 2.05) is 33.0 Å². The van der Waals surface area contributed by atoms with Gasteiger partial charge < -0.3 is 10.7 Å². The molecule has 0 fully saturated rings. The molecular formula is C12H18N4. The molecule has 0 amide bonds. The quantitative estimate of drug-likeness (QED) is 0.404. The summed E-state index contributed by atoms with van der Waals surface area (Å²) in [5.41, 5.74) is 7.18. The number of nitrogens with two attached hydrogens (primary N) is 1. The summed E-state index contributed by atoms with van der Waals surface area (Å²) in [7, 11) is 1.82. The number of pyridine rings is 1. The summed E-state index contributed by atoms with van der Waals surface area (Å²) in [5, 5.41) is 3.03. The van der Waals surface area contributed by atoms with Crippen molar-refractivity contribution in [1.29, 1.82) is 0 Å². The minimum Gasteiger partial charge on any atom is -0.386 e. The molecule has 0 atom stereocenters. The van der Waals surface area contributed by atoms with Crippen molar-refractivity contribution in [3.63, 3.8) is 0 Å². The number of aromatic nitrogens is 1. The molecule has 0 radical (unpaired) electrons. The maximum Gasteiger partial charge on any atom is 0.0585 e. The van der Waals surface area contributed by atoms with Crippen LogP contribution in [-0.2, 0) is 0 Å². The molecule has 0 saturated carbocycles. The van der Waals surface area contributed by atoms with Gasteiger partial charge in [-0.05, 0) is 19.9 Å². The zero-order valence-electron chi connectivity index (χ0n) is 9.96. The molecule has 0 aromatic carbocycles. The highest BCUT2D eigenvalue weighted by atomic mass is 15.2. The number of nitrogens with zero attached hydrogens (tertiary/aromatic N) is 1. The fourth-order valence-corrected chi connectivity index (χ4v) is 1.54. The first-order valence-electron chi connectivity index (χ1n) is 5.08. The van der Waals surface area contributed by atoms with E-state index >= 15 is 0 Å². The topological polar surface area (TPSA) is 63.0 Å². The van der Waals surface area contributed by atoms with Gasteiger partial charge in [0.2, 0.25) is 0 Å². The molecule has 0 bridgehead atoms. The summed E-state index contributed by atoms with van der Waals surface area (Å²) < 4.78 is 0. The largest absolute Gasteiger partial charge is 0.386 e. The van der Waals surface area contributed by atoms with E-state index in [-0.39, 0.29) is 0 Å². The molecule has 1 rings (SSSR count). The Labute approximate surface area is 96.2 Å². The van der Waals surface area contributed by atoms with E-state index in [4.69, 9.17) is 5.84 Å². The minimum atomic E-state index is 0.844. The lowest BCUT2D eigenvalue weighted by Gasteiger charge is -2.12. The van der Waals surface area contributed by atoms with Gasteiger partial charge in [-0.2, -0.15) is 0 Å². The van der Waals surface area contributed by atoms with Crippen molar-refractivity contribution in [1.82, 2.24) is 15.7 Å². The predicted octanol–water partition coefficient (Wildman–Crippen LogP) is 1.24. The van der Waals surface area contributed by atoms with Crippen molar-refractivity contribution >= 4 is 5.57 Å². The number of hydrazine groups is 1. The number of hydrogen-bond donors (Lipinski definition) is 3. The van der Waals surface area contributed by atoms with Crippen LogP contribution in [0.2, 0.25) is 0 Å². The molecule has 1 aromatic heterocycles. The second kappa shape index (κ2) is 5.32. The molecule has 86 valence electrons. The summed E-state index contributed by atoms with van der Waals surface area (Å²) >= 11 is 0. The van der Waals surface area contributed by atoms with Gasteiger partial charge in [-0.25, -0.2) is 0 Å². The van der Waals surface area contributed by atoms with Crippen LogP contribution in [0.25, 0.3) is 5.57 Å².